The zero-order valence-electron chi connectivity index (χ0n) is 10.1. The third kappa shape index (κ3) is 2.69. The normalized spacial score (nSPS) is 17.5. The molecule has 1 fully saturated rings. The Labute approximate surface area is 109 Å². The van der Waals surface area contributed by atoms with Gasteiger partial charge in [0, 0.05) is 39.5 Å². The molecule has 0 bridgehead atoms. The molecule has 1 aromatic heterocycles. The van der Waals surface area contributed by atoms with E-state index in [0.717, 1.165) is 48.4 Å². The second-order valence-electron chi connectivity index (χ2n) is 4.41. The van der Waals surface area contributed by atoms with Gasteiger partial charge in [0.2, 0.25) is 0 Å². The van der Waals surface area contributed by atoms with E-state index >= 15 is 0 Å². The van der Waals surface area contributed by atoms with Gasteiger partial charge in [-0.1, -0.05) is 5.16 Å². The lowest BCUT2D eigenvalue weighted by Gasteiger charge is -2.26. The number of aromatic nitrogens is 2. The Kier molecular flexibility index (Phi) is 3.83. The van der Waals surface area contributed by atoms with Gasteiger partial charge in [0.25, 0.3) is 0 Å². The highest BCUT2D eigenvalue weighted by molar-refractivity contribution is 9.10. The fourth-order valence-electron chi connectivity index (χ4n) is 2.13. The zero-order valence-corrected chi connectivity index (χ0v) is 11.7. The lowest BCUT2D eigenvalue weighted by molar-refractivity contribution is 0.250. The van der Waals surface area contributed by atoms with Crippen molar-refractivity contribution >= 4 is 21.6 Å². The predicted octanol–water partition coefficient (Wildman–Crippen LogP) is 1.92. The van der Waals surface area contributed by atoms with Crippen molar-refractivity contribution < 1.29 is 5.21 Å². The maximum atomic E-state index is 8.71. The minimum Gasteiger partial charge on any atom is -0.411 e. The van der Waals surface area contributed by atoms with Crippen LogP contribution in [0.3, 0.4) is 0 Å². The van der Waals surface area contributed by atoms with Crippen LogP contribution in [0.5, 0.6) is 0 Å². The molecule has 1 aliphatic rings. The molecule has 0 unspecified atom stereocenters. The highest BCUT2D eigenvalue weighted by Crippen LogP contribution is 2.22. The van der Waals surface area contributed by atoms with E-state index in [1.807, 2.05) is 18.7 Å². The summed E-state index contributed by atoms with van der Waals surface area (Å²) in [5, 5.41) is 16.4. The van der Waals surface area contributed by atoms with E-state index in [1.165, 1.54) is 5.69 Å². The summed E-state index contributed by atoms with van der Waals surface area (Å²) in [6.45, 7) is 4.77. The van der Waals surface area contributed by atoms with E-state index in [2.05, 4.69) is 31.1 Å². The average molecular weight is 301 g/mol. The van der Waals surface area contributed by atoms with Gasteiger partial charge in [0.05, 0.1) is 21.6 Å². The quantitative estimate of drug-likeness (QED) is 0.670. The van der Waals surface area contributed by atoms with Crippen LogP contribution < -0.4 is 0 Å². The first-order chi connectivity index (χ1) is 8.11. The molecule has 1 N–H and O–H groups in total. The number of nitrogens with zero attached hydrogens (tertiary/aromatic N) is 4. The Balaban J connectivity index is 2.02. The average Bonchev–Trinajstić information content (AvgIpc) is 2.57. The van der Waals surface area contributed by atoms with E-state index in [0.29, 0.717) is 0 Å². The molecule has 0 spiro atoms. The molecule has 0 atom stereocenters. The molecule has 2 heterocycles. The minimum absolute atomic E-state index is 0.852. The summed E-state index contributed by atoms with van der Waals surface area (Å²) < 4.78 is 3.02. The Morgan fingerprint density at radius 2 is 2.06 bits per heavy atom. The summed E-state index contributed by atoms with van der Waals surface area (Å²) in [4.78, 5) is 2.36. The first-order valence-electron chi connectivity index (χ1n) is 5.72. The number of halogens is 1. The smallest absolute Gasteiger partial charge is 0.0739 e. The summed E-state index contributed by atoms with van der Waals surface area (Å²) >= 11 is 3.58. The second kappa shape index (κ2) is 5.18. The van der Waals surface area contributed by atoms with E-state index < -0.39 is 0 Å². The van der Waals surface area contributed by atoms with Crippen molar-refractivity contribution in [3.05, 3.63) is 15.9 Å². The van der Waals surface area contributed by atoms with Crippen molar-refractivity contribution in [3.8, 4) is 0 Å². The Bertz CT molecular complexity index is 431. The number of piperidine rings is 1. The highest BCUT2D eigenvalue weighted by Gasteiger charge is 2.19. The molecule has 0 aromatic carbocycles. The maximum Gasteiger partial charge on any atom is 0.0739 e. The number of likely N-dealkylation sites (tertiary alicyclic amines) is 1. The van der Waals surface area contributed by atoms with Crippen molar-refractivity contribution in [2.45, 2.75) is 26.3 Å². The fraction of sp³-hybridized carbons (Fsp3) is 0.636. The second-order valence-corrected chi connectivity index (χ2v) is 5.21. The summed E-state index contributed by atoms with van der Waals surface area (Å²) in [6, 6.07) is 0. The fourth-order valence-corrected chi connectivity index (χ4v) is 2.59. The van der Waals surface area contributed by atoms with Crippen molar-refractivity contribution in [2.24, 2.45) is 12.2 Å². The van der Waals surface area contributed by atoms with E-state index in [-0.39, 0.29) is 0 Å². The molecule has 1 aromatic rings. The molecule has 6 heteroatoms. The molecule has 94 valence electrons. The van der Waals surface area contributed by atoms with Gasteiger partial charge in [-0.15, -0.1) is 0 Å². The molecular formula is C11H17BrN4O. The largest absolute Gasteiger partial charge is 0.411 e. The highest BCUT2D eigenvalue weighted by atomic mass is 79.9. The van der Waals surface area contributed by atoms with Crippen LogP contribution in [0.4, 0.5) is 0 Å². The van der Waals surface area contributed by atoms with Gasteiger partial charge in [-0.2, -0.15) is 5.10 Å². The van der Waals surface area contributed by atoms with Gasteiger partial charge in [-0.25, -0.2) is 0 Å². The first-order valence-corrected chi connectivity index (χ1v) is 6.51. The molecule has 1 aliphatic heterocycles. The number of aryl methyl sites for hydroxylation is 2. The first kappa shape index (κ1) is 12.6. The van der Waals surface area contributed by atoms with E-state index in [4.69, 9.17) is 5.21 Å². The van der Waals surface area contributed by atoms with Crippen LogP contribution in [0.1, 0.15) is 24.2 Å². The molecule has 0 aliphatic carbocycles. The summed E-state index contributed by atoms with van der Waals surface area (Å²) in [5.41, 5.74) is 3.13. The molecule has 0 amide bonds. The van der Waals surface area contributed by atoms with Gasteiger partial charge >= 0.3 is 0 Å². The van der Waals surface area contributed by atoms with Crippen LogP contribution in [0, 0.1) is 6.92 Å². The van der Waals surface area contributed by atoms with Crippen LogP contribution in [0.2, 0.25) is 0 Å². The van der Waals surface area contributed by atoms with Crippen molar-refractivity contribution in [1.82, 2.24) is 14.7 Å². The number of oxime groups is 1. The van der Waals surface area contributed by atoms with Crippen molar-refractivity contribution in [2.75, 3.05) is 13.1 Å². The summed E-state index contributed by atoms with van der Waals surface area (Å²) in [6.07, 6.45) is 1.70. The molecule has 1 saturated heterocycles. The van der Waals surface area contributed by atoms with Gasteiger partial charge in [0.1, 0.15) is 0 Å². The standard InChI is InChI=1S/C11H17BrN4O/c1-8-11(12)10(15(2)13-8)7-16-5-3-9(14-17)4-6-16/h17H,3-7H2,1-2H3. The topological polar surface area (TPSA) is 53.7 Å². The van der Waals surface area contributed by atoms with Gasteiger partial charge in [0.15, 0.2) is 0 Å². The third-order valence-electron chi connectivity index (χ3n) is 3.21. The lowest BCUT2D eigenvalue weighted by Crippen LogP contribution is -2.34. The van der Waals surface area contributed by atoms with Crippen LogP contribution in [0.25, 0.3) is 0 Å². The molecular weight excluding hydrogens is 284 g/mol. The van der Waals surface area contributed by atoms with Crippen LogP contribution in [0.15, 0.2) is 9.63 Å². The lowest BCUT2D eigenvalue weighted by atomic mass is 10.1. The Hall–Kier alpha value is -0.880. The van der Waals surface area contributed by atoms with Crippen LogP contribution in [-0.2, 0) is 13.6 Å². The molecule has 17 heavy (non-hydrogen) atoms. The molecule has 0 radical (unpaired) electrons. The number of rotatable bonds is 2. The summed E-state index contributed by atoms with van der Waals surface area (Å²) in [5.74, 6) is 0. The number of hydrogen-bond acceptors (Lipinski definition) is 4. The third-order valence-corrected chi connectivity index (χ3v) is 4.24. The van der Waals surface area contributed by atoms with Gasteiger partial charge in [-0.05, 0) is 22.9 Å². The monoisotopic (exact) mass is 300 g/mol. The zero-order chi connectivity index (χ0) is 12.4. The van der Waals surface area contributed by atoms with Crippen LogP contribution in [-0.4, -0.2) is 38.7 Å². The van der Waals surface area contributed by atoms with Gasteiger partial charge in [-0.3, -0.25) is 9.58 Å². The SMILES string of the molecule is Cc1nn(C)c(CN2CCC(=NO)CC2)c1Br. The molecule has 2 rings (SSSR count). The maximum absolute atomic E-state index is 8.71. The number of hydrogen-bond donors (Lipinski definition) is 1. The van der Waals surface area contributed by atoms with Crippen LogP contribution >= 0.6 is 15.9 Å². The van der Waals surface area contributed by atoms with Crippen molar-refractivity contribution in [3.63, 3.8) is 0 Å². The molecule has 5 nitrogen and oxygen atoms in total. The Morgan fingerprint density at radius 1 is 1.41 bits per heavy atom. The van der Waals surface area contributed by atoms with E-state index in [9.17, 15) is 0 Å². The Morgan fingerprint density at radius 3 is 2.53 bits per heavy atom. The minimum atomic E-state index is 0.852. The van der Waals surface area contributed by atoms with E-state index in [1.54, 1.807) is 0 Å². The summed E-state index contributed by atoms with van der Waals surface area (Å²) in [7, 11) is 1.97. The molecule has 0 saturated carbocycles. The predicted molar refractivity (Wildman–Crippen MR) is 69.4 cm³/mol. The van der Waals surface area contributed by atoms with Crippen molar-refractivity contribution in [1.29, 1.82) is 0 Å². The van der Waals surface area contributed by atoms with Gasteiger partial charge < -0.3 is 5.21 Å².